The summed E-state index contributed by atoms with van der Waals surface area (Å²) in [5.41, 5.74) is 4.39. The maximum Gasteiger partial charge on any atom is 0.228 e. The Morgan fingerprint density at radius 3 is 2.50 bits per heavy atom. The fourth-order valence-corrected chi connectivity index (χ4v) is 6.14. The van der Waals surface area contributed by atoms with Gasteiger partial charge in [-0.15, -0.1) is 0 Å². The van der Waals surface area contributed by atoms with Gasteiger partial charge in [-0.2, -0.15) is 10.4 Å². The minimum absolute atomic E-state index is 0.00993. The van der Waals surface area contributed by atoms with E-state index < -0.39 is 0 Å². The highest BCUT2D eigenvalue weighted by Crippen LogP contribution is 2.33. The lowest BCUT2D eigenvalue weighted by Crippen LogP contribution is -2.45. The number of rotatable bonds is 10. The lowest BCUT2D eigenvalue weighted by molar-refractivity contribution is -0.119. The molecule has 0 bridgehead atoms. The molecule has 10 nitrogen and oxygen atoms in total. The van der Waals surface area contributed by atoms with Crippen LogP contribution in [0.3, 0.4) is 0 Å². The van der Waals surface area contributed by atoms with E-state index in [1.54, 1.807) is 10.9 Å². The molecule has 1 aromatic carbocycles. The number of aryl methyl sites for hydroxylation is 2. The summed E-state index contributed by atoms with van der Waals surface area (Å²) in [5, 5.41) is 17.4. The SMILES string of the molecule is Cn1cc(-c2ccc(N(C(=O)CCc3ccccc3)C3CCC(Nc4ncc(C#N)c(CC5(C)COC5)n4)CC3)nc2)cn1. The second kappa shape index (κ2) is 12.9. The Morgan fingerprint density at radius 1 is 1.07 bits per heavy atom. The number of ether oxygens (including phenoxy) is 1. The molecule has 10 heteroatoms. The van der Waals surface area contributed by atoms with Gasteiger partial charge in [-0.3, -0.25) is 14.4 Å². The van der Waals surface area contributed by atoms with Crippen LogP contribution < -0.4 is 10.2 Å². The molecule has 0 spiro atoms. The quantitative estimate of drug-likeness (QED) is 0.270. The molecular weight excluding hydrogens is 552 g/mol. The third-order valence-corrected chi connectivity index (χ3v) is 8.65. The number of hydrogen-bond donors (Lipinski definition) is 1. The highest BCUT2D eigenvalue weighted by molar-refractivity contribution is 5.93. The molecule has 1 saturated heterocycles. The van der Waals surface area contributed by atoms with Crippen LogP contribution in [0.2, 0.25) is 0 Å². The van der Waals surface area contributed by atoms with Gasteiger partial charge in [0, 0.05) is 60.9 Å². The number of aromatic nitrogens is 5. The van der Waals surface area contributed by atoms with E-state index in [1.165, 1.54) is 0 Å². The largest absolute Gasteiger partial charge is 0.380 e. The van der Waals surface area contributed by atoms with Crippen molar-refractivity contribution >= 4 is 17.7 Å². The Morgan fingerprint density at radius 2 is 1.86 bits per heavy atom. The third kappa shape index (κ3) is 6.79. The summed E-state index contributed by atoms with van der Waals surface area (Å²) in [5.74, 6) is 1.32. The van der Waals surface area contributed by atoms with Crippen LogP contribution in [0, 0.1) is 16.7 Å². The summed E-state index contributed by atoms with van der Waals surface area (Å²) in [7, 11) is 1.89. The van der Waals surface area contributed by atoms with Crippen molar-refractivity contribution in [3.63, 3.8) is 0 Å². The van der Waals surface area contributed by atoms with Gasteiger partial charge in [0.25, 0.3) is 0 Å². The van der Waals surface area contributed by atoms with Crippen molar-refractivity contribution in [2.75, 3.05) is 23.4 Å². The second-order valence-corrected chi connectivity index (χ2v) is 12.4. The number of hydrogen-bond acceptors (Lipinski definition) is 8. The Kier molecular flexibility index (Phi) is 8.66. The predicted molar refractivity (Wildman–Crippen MR) is 168 cm³/mol. The molecule has 3 aromatic heterocycles. The van der Waals surface area contributed by atoms with Crippen LogP contribution >= 0.6 is 0 Å². The van der Waals surface area contributed by atoms with Crippen LogP contribution in [0.1, 0.15) is 55.8 Å². The molecule has 2 aliphatic rings. The van der Waals surface area contributed by atoms with Gasteiger partial charge in [-0.1, -0.05) is 37.3 Å². The van der Waals surface area contributed by atoms with Gasteiger partial charge < -0.3 is 10.1 Å². The summed E-state index contributed by atoms with van der Waals surface area (Å²) in [4.78, 5) is 29.7. The molecule has 4 heterocycles. The molecule has 0 unspecified atom stereocenters. The highest BCUT2D eigenvalue weighted by Gasteiger charge is 2.35. The second-order valence-electron chi connectivity index (χ2n) is 12.4. The zero-order valence-electron chi connectivity index (χ0n) is 25.3. The van der Waals surface area contributed by atoms with E-state index in [4.69, 9.17) is 14.7 Å². The summed E-state index contributed by atoms with van der Waals surface area (Å²) < 4.78 is 7.17. The molecular formula is C34H38N8O2. The minimum atomic E-state index is 0.00993. The lowest BCUT2D eigenvalue weighted by Gasteiger charge is -2.38. The molecule has 1 aliphatic heterocycles. The number of amides is 1. The number of carbonyl (C=O) groups is 1. The first-order valence-electron chi connectivity index (χ1n) is 15.3. The van der Waals surface area contributed by atoms with Crippen molar-refractivity contribution in [2.45, 2.75) is 64.0 Å². The zero-order chi connectivity index (χ0) is 30.5. The average Bonchev–Trinajstić information content (AvgIpc) is 3.47. The smallest absolute Gasteiger partial charge is 0.228 e. The standard InChI is InChI=1S/C34H38N8O2/c1-34(22-44-23-34)16-30-26(17-35)19-37-33(40-30)39-28-10-12-29(13-11-28)42(32(43)15-8-24-6-4-3-5-7-24)31-14-9-25(18-36-31)27-20-38-41(2)21-27/h3-7,9,14,18-21,28-29H,8,10-13,15-16,22-23H2,1-2H3,(H,37,39,40). The molecule has 0 radical (unpaired) electrons. The van der Waals surface area contributed by atoms with Crippen LogP contribution in [0.4, 0.5) is 11.8 Å². The van der Waals surface area contributed by atoms with Crippen molar-refractivity contribution in [3.05, 3.63) is 84.1 Å². The monoisotopic (exact) mass is 590 g/mol. The Bertz CT molecular complexity index is 1620. The number of anilines is 2. The summed E-state index contributed by atoms with van der Waals surface area (Å²) in [6.45, 7) is 3.51. The van der Waals surface area contributed by atoms with Gasteiger partial charge in [-0.25, -0.2) is 15.0 Å². The average molecular weight is 591 g/mol. The van der Waals surface area contributed by atoms with E-state index in [1.807, 2.05) is 60.9 Å². The first-order chi connectivity index (χ1) is 21.4. The summed E-state index contributed by atoms with van der Waals surface area (Å²) in [6.07, 6.45) is 12.4. The van der Waals surface area contributed by atoms with E-state index in [2.05, 4.69) is 40.5 Å². The van der Waals surface area contributed by atoms with Crippen molar-refractivity contribution in [3.8, 4) is 17.2 Å². The fourth-order valence-electron chi connectivity index (χ4n) is 6.14. The summed E-state index contributed by atoms with van der Waals surface area (Å²) >= 11 is 0. The van der Waals surface area contributed by atoms with Gasteiger partial charge in [0.2, 0.25) is 11.9 Å². The molecule has 1 aliphatic carbocycles. The van der Waals surface area contributed by atoms with Crippen molar-refractivity contribution in [1.29, 1.82) is 5.26 Å². The lowest BCUT2D eigenvalue weighted by atomic mass is 9.83. The molecule has 6 rings (SSSR count). The van der Waals surface area contributed by atoms with Crippen LogP contribution in [0.15, 0.2) is 67.3 Å². The van der Waals surface area contributed by atoms with Crippen molar-refractivity contribution in [1.82, 2.24) is 24.7 Å². The molecule has 0 atom stereocenters. The highest BCUT2D eigenvalue weighted by atomic mass is 16.5. The normalized spacial score (nSPS) is 19.0. The summed E-state index contributed by atoms with van der Waals surface area (Å²) in [6, 6.07) is 16.6. The van der Waals surface area contributed by atoms with E-state index >= 15 is 0 Å². The maximum atomic E-state index is 13.8. The molecule has 226 valence electrons. The van der Waals surface area contributed by atoms with Gasteiger partial charge in [-0.05, 0) is 49.8 Å². The fraction of sp³-hybridized carbons (Fsp3) is 0.412. The Labute approximate surface area is 258 Å². The van der Waals surface area contributed by atoms with Gasteiger partial charge in [0.15, 0.2) is 0 Å². The van der Waals surface area contributed by atoms with E-state index in [0.29, 0.717) is 49.8 Å². The van der Waals surface area contributed by atoms with Gasteiger partial charge >= 0.3 is 0 Å². The number of pyridine rings is 1. The van der Waals surface area contributed by atoms with Crippen LogP contribution in [0.25, 0.3) is 11.1 Å². The van der Waals surface area contributed by atoms with Crippen LogP contribution in [0.5, 0.6) is 0 Å². The number of carbonyl (C=O) groups excluding carboxylic acids is 1. The number of benzene rings is 1. The Balaban J connectivity index is 1.14. The first-order valence-corrected chi connectivity index (χ1v) is 15.3. The van der Waals surface area contributed by atoms with Crippen LogP contribution in [-0.2, 0) is 29.4 Å². The predicted octanol–water partition coefficient (Wildman–Crippen LogP) is 5.11. The zero-order valence-corrected chi connectivity index (χ0v) is 25.3. The molecule has 1 N–H and O–H groups in total. The van der Waals surface area contributed by atoms with Crippen molar-refractivity contribution in [2.24, 2.45) is 12.5 Å². The van der Waals surface area contributed by atoms with E-state index in [0.717, 1.165) is 48.1 Å². The number of nitriles is 1. The number of nitrogens with one attached hydrogen (secondary N) is 1. The minimum Gasteiger partial charge on any atom is -0.380 e. The molecule has 1 saturated carbocycles. The Hall–Kier alpha value is -4.62. The van der Waals surface area contributed by atoms with E-state index in [9.17, 15) is 10.1 Å². The maximum absolute atomic E-state index is 13.8. The topological polar surface area (TPSA) is 122 Å². The molecule has 4 aromatic rings. The van der Waals surface area contributed by atoms with Crippen molar-refractivity contribution < 1.29 is 9.53 Å². The van der Waals surface area contributed by atoms with Crippen LogP contribution in [-0.4, -0.2) is 55.9 Å². The van der Waals surface area contributed by atoms with E-state index in [-0.39, 0.29) is 23.4 Å². The molecule has 1 amide bonds. The van der Waals surface area contributed by atoms with Gasteiger partial charge in [0.05, 0.1) is 36.9 Å². The number of nitrogens with zero attached hydrogens (tertiary/aromatic N) is 7. The van der Waals surface area contributed by atoms with Gasteiger partial charge in [0.1, 0.15) is 11.9 Å². The molecule has 2 fully saturated rings. The first kappa shape index (κ1) is 29.5. The molecule has 44 heavy (non-hydrogen) atoms. The third-order valence-electron chi connectivity index (χ3n) is 8.65.